The number of nitrogens with zero attached hydrogens (tertiary/aromatic N) is 3. The minimum absolute atomic E-state index is 0.0738. The van der Waals surface area contributed by atoms with Crippen molar-refractivity contribution in [1.82, 2.24) is 0 Å². The molecule has 1 aromatic carbocycles. The number of hydrogen-bond acceptors (Lipinski definition) is 6. The van der Waals surface area contributed by atoms with Gasteiger partial charge in [0.25, 0.3) is 5.69 Å². The van der Waals surface area contributed by atoms with E-state index in [0.29, 0.717) is 12.2 Å². The summed E-state index contributed by atoms with van der Waals surface area (Å²) < 4.78 is 0. The molecule has 0 aromatic heterocycles. The predicted octanol–water partition coefficient (Wildman–Crippen LogP) is 0.650. The summed E-state index contributed by atoms with van der Waals surface area (Å²) >= 11 is 0. The fraction of sp³-hybridized carbons (Fsp3) is 0.417. The number of hydrogen-bond donors (Lipinski definition) is 3. The third kappa shape index (κ3) is 2.80. The molecule has 4 N–H and O–H groups in total. The van der Waals surface area contributed by atoms with Crippen molar-refractivity contribution in [3.63, 3.8) is 0 Å². The predicted molar refractivity (Wildman–Crippen MR) is 73.1 cm³/mol. The van der Waals surface area contributed by atoms with Crippen LogP contribution in [0, 0.1) is 10.1 Å². The molecule has 0 unspecified atom stereocenters. The molecule has 0 spiro atoms. The van der Waals surface area contributed by atoms with E-state index in [2.05, 4.69) is 5.16 Å². The summed E-state index contributed by atoms with van der Waals surface area (Å²) in [6.07, 6.45) is 1.91. The van der Waals surface area contributed by atoms with Crippen molar-refractivity contribution in [3.05, 3.63) is 33.9 Å². The van der Waals surface area contributed by atoms with Crippen LogP contribution in [0.15, 0.2) is 23.4 Å². The molecular weight excluding hydrogens is 264 g/mol. The fourth-order valence-electron chi connectivity index (χ4n) is 2.12. The monoisotopic (exact) mass is 280 g/mol. The van der Waals surface area contributed by atoms with Crippen LogP contribution < -0.4 is 10.6 Å². The van der Waals surface area contributed by atoms with E-state index in [1.165, 1.54) is 6.07 Å². The van der Waals surface area contributed by atoms with Crippen molar-refractivity contribution < 1.29 is 15.2 Å². The van der Waals surface area contributed by atoms with Crippen LogP contribution in [-0.2, 0) is 0 Å². The SMILES string of the molecule is NC(=NO)c1ccc(N(CCO)C2CC2)c([N+](=O)[O-])c1. The van der Waals surface area contributed by atoms with E-state index in [1.807, 2.05) is 4.90 Å². The number of nitro groups is 1. The van der Waals surface area contributed by atoms with Gasteiger partial charge in [-0.25, -0.2) is 0 Å². The largest absolute Gasteiger partial charge is 0.409 e. The van der Waals surface area contributed by atoms with Crippen LogP contribution in [0.5, 0.6) is 0 Å². The molecule has 1 aliphatic carbocycles. The van der Waals surface area contributed by atoms with Gasteiger partial charge in [0.1, 0.15) is 5.69 Å². The average Bonchev–Trinajstić information content (AvgIpc) is 3.27. The Hall–Kier alpha value is -2.35. The summed E-state index contributed by atoms with van der Waals surface area (Å²) in [5, 5.41) is 31.8. The summed E-state index contributed by atoms with van der Waals surface area (Å²) in [7, 11) is 0. The highest BCUT2D eigenvalue weighted by Gasteiger charge is 2.32. The lowest BCUT2D eigenvalue weighted by Crippen LogP contribution is -2.29. The zero-order valence-corrected chi connectivity index (χ0v) is 10.8. The standard InChI is InChI=1S/C12H16N4O4/c13-12(14-18)8-1-4-10(11(7-8)16(19)20)15(5-6-17)9-2-3-9/h1,4,7,9,17-18H,2-3,5-6H2,(H2,13,14). The highest BCUT2D eigenvalue weighted by atomic mass is 16.6. The molecule has 108 valence electrons. The maximum Gasteiger partial charge on any atom is 0.293 e. The number of aliphatic hydroxyl groups is 1. The summed E-state index contributed by atoms with van der Waals surface area (Å²) in [6, 6.07) is 4.64. The van der Waals surface area contributed by atoms with Gasteiger partial charge in [-0.15, -0.1) is 0 Å². The number of nitro benzene ring substituents is 1. The second kappa shape index (κ2) is 5.74. The van der Waals surface area contributed by atoms with Crippen molar-refractivity contribution in [2.45, 2.75) is 18.9 Å². The van der Waals surface area contributed by atoms with Gasteiger partial charge in [-0.2, -0.15) is 0 Å². The van der Waals surface area contributed by atoms with Crippen molar-refractivity contribution >= 4 is 17.2 Å². The molecule has 1 saturated carbocycles. The summed E-state index contributed by atoms with van der Waals surface area (Å²) in [6.45, 7) is 0.268. The highest BCUT2D eigenvalue weighted by Crippen LogP contribution is 2.37. The quantitative estimate of drug-likeness (QED) is 0.231. The Balaban J connectivity index is 2.43. The smallest absolute Gasteiger partial charge is 0.293 e. The minimum Gasteiger partial charge on any atom is -0.409 e. The highest BCUT2D eigenvalue weighted by molar-refractivity contribution is 5.98. The maximum atomic E-state index is 11.2. The van der Waals surface area contributed by atoms with Crippen LogP contribution in [-0.4, -0.2) is 40.3 Å². The lowest BCUT2D eigenvalue weighted by atomic mass is 10.1. The number of oxime groups is 1. The van der Waals surface area contributed by atoms with E-state index in [1.54, 1.807) is 12.1 Å². The Bertz CT molecular complexity index is 542. The number of rotatable bonds is 6. The normalized spacial score (nSPS) is 15.2. The molecule has 8 nitrogen and oxygen atoms in total. The molecule has 0 aliphatic heterocycles. The van der Waals surface area contributed by atoms with Crippen LogP contribution in [0.2, 0.25) is 0 Å². The summed E-state index contributed by atoms with van der Waals surface area (Å²) in [5.74, 6) is -0.181. The van der Waals surface area contributed by atoms with Crippen LogP contribution in [0.4, 0.5) is 11.4 Å². The van der Waals surface area contributed by atoms with Gasteiger partial charge < -0.3 is 20.9 Å². The van der Waals surface area contributed by atoms with E-state index in [9.17, 15) is 10.1 Å². The van der Waals surface area contributed by atoms with Crippen molar-refractivity contribution in [2.75, 3.05) is 18.1 Å². The second-order valence-electron chi connectivity index (χ2n) is 4.59. The molecule has 0 saturated heterocycles. The third-order valence-electron chi connectivity index (χ3n) is 3.21. The fourth-order valence-corrected chi connectivity index (χ4v) is 2.12. The van der Waals surface area contributed by atoms with Gasteiger partial charge in [-0.3, -0.25) is 10.1 Å². The van der Waals surface area contributed by atoms with Crippen LogP contribution >= 0.6 is 0 Å². The molecule has 1 fully saturated rings. The van der Waals surface area contributed by atoms with E-state index in [0.717, 1.165) is 12.8 Å². The van der Waals surface area contributed by atoms with E-state index in [-0.39, 0.29) is 29.7 Å². The van der Waals surface area contributed by atoms with Crippen LogP contribution in [0.25, 0.3) is 0 Å². The van der Waals surface area contributed by atoms with Crippen molar-refractivity contribution in [1.29, 1.82) is 0 Å². The number of benzene rings is 1. The van der Waals surface area contributed by atoms with Gasteiger partial charge in [-0.1, -0.05) is 5.16 Å². The van der Waals surface area contributed by atoms with Gasteiger partial charge in [0.2, 0.25) is 0 Å². The van der Waals surface area contributed by atoms with Crippen LogP contribution in [0.1, 0.15) is 18.4 Å². The topological polar surface area (TPSA) is 125 Å². The Morgan fingerprint density at radius 2 is 2.25 bits per heavy atom. The van der Waals surface area contributed by atoms with Gasteiger partial charge in [-0.05, 0) is 25.0 Å². The first-order chi connectivity index (χ1) is 9.58. The second-order valence-corrected chi connectivity index (χ2v) is 4.59. The molecule has 0 heterocycles. The molecule has 8 heteroatoms. The van der Waals surface area contributed by atoms with Gasteiger partial charge in [0, 0.05) is 24.2 Å². The zero-order chi connectivity index (χ0) is 14.7. The molecule has 0 bridgehead atoms. The summed E-state index contributed by atoms with van der Waals surface area (Å²) in [5.41, 5.74) is 6.05. The first kappa shape index (κ1) is 14.1. The summed E-state index contributed by atoms with van der Waals surface area (Å²) in [4.78, 5) is 12.5. The maximum absolute atomic E-state index is 11.2. The number of anilines is 1. The molecular formula is C12H16N4O4. The Morgan fingerprint density at radius 3 is 2.75 bits per heavy atom. The van der Waals surface area contributed by atoms with Gasteiger partial charge in [0.15, 0.2) is 5.84 Å². The van der Waals surface area contributed by atoms with E-state index in [4.69, 9.17) is 16.0 Å². The van der Waals surface area contributed by atoms with Crippen molar-refractivity contribution in [3.8, 4) is 0 Å². The molecule has 20 heavy (non-hydrogen) atoms. The number of nitrogens with two attached hydrogens (primary N) is 1. The minimum atomic E-state index is -0.504. The molecule has 0 amide bonds. The first-order valence-electron chi connectivity index (χ1n) is 6.22. The number of amidine groups is 1. The lowest BCUT2D eigenvalue weighted by Gasteiger charge is -2.23. The average molecular weight is 280 g/mol. The van der Waals surface area contributed by atoms with E-state index < -0.39 is 4.92 Å². The zero-order valence-electron chi connectivity index (χ0n) is 10.8. The Labute approximate surface area is 115 Å². The molecule has 1 aromatic rings. The molecule has 0 radical (unpaired) electrons. The van der Waals surface area contributed by atoms with E-state index >= 15 is 0 Å². The van der Waals surface area contributed by atoms with Crippen LogP contribution in [0.3, 0.4) is 0 Å². The molecule has 0 atom stereocenters. The molecule has 2 rings (SSSR count). The van der Waals surface area contributed by atoms with Gasteiger partial charge in [0.05, 0.1) is 11.5 Å². The molecule has 1 aliphatic rings. The Morgan fingerprint density at radius 1 is 1.55 bits per heavy atom. The Kier molecular flexibility index (Phi) is 4.04. The lowest BCUT2D eigenvalue weighted by molar-refractivity contribution is -0.384. The first-order valence-corrected chi connectivity index (χ1v) is 6.22. The number of aliphatic hydroxyl groups excluding tert-OH is 1. The van der Waals surface area contributed by atoms with Crippen molar-refractivity contribution in [2.24, 2.45) is 10.9 Å². The third-order valence-corrected chi connectivity index (χ3v) is 3.21. The van der Waals surface area contributed by atoms with Gasteiger partial charge >= 0.3 is 0 Å².